The fourth-order valence-corrected chi connectivity index (χ4v) is 7.00. The first-order valence-electron chi connectivity index (χ1n) is 13.3. The fourth-order valence-electron chi connectivity index (χ4n) is 6.65. The van der Waals surface area contributed by atoms with Gasteiger partial charge in [-0.25, -0.2) is 8.78 Å². The van der Waals surface area contributed by atoms with E-state index in [9.17, 15) is 23.5 Å². The van der Waals surface area contributed by atoms with Crippen molar-refractivity contribution in [3.8, 4) is 0 Å². The Morgan fingerprint density at radius 1 is 1.08 bits per heavy atom. The van der Waals surface area contributed by atoms with Gasteiger partial charge < -0.3 is 21.1 Å². The number of carbonyl (C=O) groups excluding carboxylic acids is 2. The van der Waals surface area contributed by atoms with Crippen molar-refractivity contribution >= 4 is 40.7 Å². The monoisotopic (exact) mass is 579 g/mol. The van der Waals surface area contributed by atoms with Crippen LogP contribution in [0, 0.1) is 17.0 Å². The number of hydrogen-bond donors (Lipinski definition) is 4. The molecular formula is C29H33Cl2F2N3O3. The van der Waals surface area contributed by atoms with Crippen molar-refractivity contribution in [1.29, 1.82) is 0 Å². The number of aliphatic hydroxyl groups excluding tert-OH is 1. The number of fused-ring (bicyclic) bond motifs is 2. The van der Waals surface area contributed by atoms with Crippen LogP contribution in [0.2, 0.25) is 10.0 Å². The van der Waals surface area contributed by atoms with Crippen LogP contribution in [0.3, 0.4) is 0 Å². The SMILES string of the molecule is CC(C)(C)C[C@H]1N[C@@H](C(=O)N[C@H]2CC[C@H](O)CC2)[C@H](c2ccc(F)c(Cl)c2)[C@@]12C(=O)Nc1cc(Cl)c(F)cc12. The Kier molecular flexibility index (Phi) is 7.46. The van der Waals surface area contributed by atoms with Crippen LogP contribution >= 0.6 is 23.2 Å². The number of amides is 2. The number of halogens is 4. The maximum Gasteiger partial charge on any atom is 0.238 e. The van der Waals surface area contributed by atoms with Crippen LogP contribution in [0.4, 0.5) is 14.5 Å². The first kappa shape index (κ1) is 28.3. The zero-order valence-electron chi connectivity index (χ0n) is 22.1. The summed E-state index contributed by atoms with van der Waals surface area (Å²) in [5.41, 5.74) is -0.401. The van der Waals surface area contributed by atoms with Gasteiger partial charge in [-0.1, -0.05) is 50.0 Å². The van der Waals surface area contributed by atoms with E-state index in [1.54, 1.807) is 0 Å². The van der Waals surface area contributed by atoms with Gasteiger partial charge >= 0.3 is 0 Å². The third kappa shape index (κ3) is 5.05. The molecule has 0 radical (unpaired) electrons. The normalized spacial score (nSPS) is 30.4. The Hall–Kier alpha value is -2.26. The van der Waals surface area contributed by atoms with E-state index in [0.717, 1.165) is 0 Å². The molecule has 0 bridgehead atoms. The van der Waals surface area contributed by atoms with Crippen LogP contribution in [0.25, 0.3) is 0 Å². The third-order valence-corrected chi connectivity index (χ3v) is 8.91. The average molecular weight is 581 g/mol. The first-order valence-corrected chi connectivity index (χ1v) is 14.1. The second kappa shape index (κ2) is 10.3. The molecule has 0 unspecified atom stereocenters. The van der Waals surface area contributed by atoms with E-state index in [4.69, 9.17) is 23.2 Å². The van der Waals surface area contributed by atoms with Gasteiger partial charge in [0.25, 0.3) is 0 Å². The van der Waals surface area contributed by atoms with E-state index in [1.165, 1.54) is 30.3 Å². The molecule has 5 rings (SSSR count). The molecule has 2 aliphatic heterocycles. The van der Waals surface area contributed by atoms with Crippen LogP contribution in [-0.4, -0.2) is 41.2 Å². The number of rotatable bonds is 4. The van der Waals surface area contributed by atoms with E-state index < -0.39 is 35.1 Å². The molecule has 2 aromatic rings. The summed E-state index contributed by atoms with van der Waals surface area (Å²) >= 11 is 12.3. The van der Waals surface area contributed by atoms with Crippen LogP contribution in [0.5, 0.6) is 0 Å². The van der Waals surface area contributed by atoms with Gasteiger partial charge in [-0.3, -0.25) is 9.59 Å². The highest BCUT2D eigenvalue weighted by molar-refractivity contribution is 6.31. The third-order valence-electron chi connectivity index (χ3n) is 8.33. The smallest absolute Gasteiger partial charge is 0.238 e. The molecule has 0 aromatic heterocycles. The zero-order chi connectivity index (χ0) is 28.3. The van der Waals surface area contributed by atoms with Gasteiger partial charge in [0.05, 0.1) is 22.2 Å². The highest BCUT2D eigenvalue weighted by Crippen LogP contribution is 2.57. The molecule has 1 spiro atoms. The van der Waals surface area contributed by atoms with Crippen molar-refractivity contribution in [3.05, 3.63) is 63.1 Å². The van der Waals surface area contributed by atoms with Crippen molar-refractivity contribution in [2.24, 2.45) is 5.41 Å². The number of benzene rings is 2. The number of carbonyl (C=O) groups is 2. The second-order valence-electron chi connectivity index (χ2n) is 12.3. The van der Waals surface area contributed by atoms with Gasteiger partial charge in [0.15, 0.2) is 0 Å². The average Bonchev–Trinajstić information content (AvgIpc) is 3.32. The lowest BCUT2D eigenvalue weighted by molar-refractivity contribution is -0.124. The molecule has 2 fully saturated rings. The van der Waals surface area contributed by atoms with Gasteiger partial charge in [-0.05, 0) is 72.9 Å². The lowest BCUT2D eigenvalue weighted by Gasteiger charge is -2.37. The molecule has 4 N–H and O–H groups in total. The molecule has 210 valence electrons. The van der Waals surface area contributed by atoms with Crippen molar-refractivity contribution in [1.82, 2.24) is 10.6 Å². The molecule has 1 saturated carbocycles. The van der Waals surface area contributed by atoms with Crippen LogP contribution < -0.4 is 16.0 Å². The van der Waals surface area contributed by atoms with E-state index in [2.05, 4.69) is 16.0 Å². The Labute approximate surface area is 236 Å². The summed E-state index contributed by atoms with van der Waals surface area (Å²) in [6.07, 6.45) is 2.55. The van der Waals surface area contributed by atoms with E-state index >= 15 is 0 Å². The number of hydrogen-bond acceptors (Lipinski definition) is 4. The summed E-state index contributed by atoms with van der Waals surface area (Å²) in [5, 5.41) is 19.1. The fraction of sp³-hybridized carbons (Fsp3) is 0.517. The molecule has 3 aliphatic rings. The predicted molar refractivity (Wildman–Crippen MR) is 147 cm³/mol. The van der Waals surface area contributed by atoms with E-state index in [1.807, 2.05) is 20.8 Å². The molecule has 2 heterocycles. The number of aliphatic hydroxyl groups is 1. The summed E-state index contributed by atoms with van der Waals surface area (Å²) in [7, 11) is 0. The highest BCUT2D eigenvalue weighted by atomic mass is 35.5. The minimum absolute atomic E-state index is 0.125. The van der Waals surface area contributed by atoms with E-state index in [-0.39, 0.29) is 39.4 Å². The molecule has 4 atom stereocenters. The quantitative estimate of drug-likeness (QED) is 0.388. The Morgan fingerprint density at radius 3 is 2.38 bits per heavy atom. The summed E-state index contributed by atoms with van der Waals surface area (Å²) in [4.78, 5) is 28.1. The largest absolute Gasteiger partial charge is 0.393 e. The topological polar surface area (TPSA) is 90.5 Å². The Bertz CT molecular complexity index is 1310. The summed E-state index contributed by atoms with van der Waals surface area (Å²) in [6, 6.07) is 5.26. The molecule has 10 heteroatoms. The minimum Gasteiger partial charge on any atom is -0.393 e. The molecule has 2 amide bonds. The van der Waals surface area contributed by atoms with Gasteiger partial charge in [-0.2, -0.15) is 0 Å². The van der Waals surface area contributed by atoms with Gasteiger partial charge in [0.2, 0.25) is 11.8 Å². The summed E-state index contributed by atoms with van der Waals surface area (Å²) in [6.45, 7) is 6.09. The molecule has 39 heavy (non-hydrogen) atoms. The van der Waals surface area contributed by atoms with Crippen LogP contribution in [-0.2, 0) is 15.0 Å². The molecular weight excluding hydrogens is 547 g/mol. The molecule has 1 aliphatic carbocycles. The lowest BCUT2D eigenvalue weighted by Crippen LogP contribution is -2.49. The molecule has 2 aromatic carbocycles. The predicted octanol–water partition coefficient (Wildman–Crippen LogP) is 5.44. The maximum absolute atomic E-state index is 15.0. The minimum atomic E-state index is -1.40. The molecule has 1 saturated heterocycles. The maximum atomic E-state index is 15.0. The second-order valence-corrected chi connectivity index (χ2v) is 13.1. The van der Waals surface area contributed by atoms with Crippen molar-refractivity contribution in [3.63, 3.8) is 0 Å². The zero-order valence-corrected chi connectivity index (χ0v) is 23.6. The van der Waals surface area contributed by atoms with Gasteiger partial charge in [0, 0.05) is 23.7 Å². The number of nitrogens with one attached hydrogen (secondary N) is 3. The standard InChI is InChI=1S/C29H33Cl2F2N3O3/c1-28(2,3)13-23-29(17-11-21(33)19(31)12-22(17)35-27(29)39)24(14-4-9-20(32)18(30)10-14)25(36-23)26(38)34-15-5-7-16(37)8-6-15/h4,9-12,15-16,23-25,36-37H,5-8,13H2,1-3H3,(H,34,38)(H,35,39)/t15-,16-,23-,24+,25-,29+/m1/s1. The van der Waals surface area contributed by atoms with Gasteiger partial charge in [0.1, 0.15) is 17.0 Å². The molecule has 6 nitrogen and oxygen atoms in total. The first-order chi connectivity index (χ1) is 18.3. The lowest BCUT2D eigenvalue weighted by atomic mass is 9.62. The van der Waals surface area contributed by atoms with Crippen molar-refractivity contribution < 1.29 is 23.5 Å². The van der Waals surface area contributed by atoms with Gasteiger partial charge in [-0.15, -0.1) is 0 Å². The summed E-state index contributed by atoms with van der Waals surface area (Å²) in [5.74, 6) is -2.83. The summed E-state index contributed by atoms with van der Waals surface area (Å²) < 4.78 is 29.3. The van der Waals surface area contributed by atoms with Crippen LogP contribution in [0.15, 0.2) is 30.3 Å². The van der Waals surface area contributed by atoms with Crippen molar-refractivity contribution in [2.45, 2.75) is 88.4 Å². The highest BCUT2D eigenvalue weighted by Gasteiger charge is 2.66. The van der Waals surface area contributed by atoms with Crippen molar-refractivity contribution in [2.75, 3.05) is 5.32 Å². The Balaban J connectivity index is 1.68. The van der Waals surface area contributed by atoms with Crippen LogP contribution in [0.1, 0.15) is 69.9 Å². The number of anilines is 1. The Morgan fingerprint density at radius 2 is 1.74 bits per heavy atom. The van der Waals surface area contributed by atoms with E-state index in [0.29, 0.717) is 48.9 Å².